The van der Waals surface area contributed by atoms with Gasteiger partial charge in [0, 0.05) is 18.2 Å². The highest BCUT2D eigenvalue weighted by molar-refractivity contribution is 5.74. The lowest BCUT2D eigenvalue weighted by molar-refractivity contribution is 0.651. The molecule has 1 fully saturated rings. The summed E-state index contributed by atoms with van der Waals surface area (Å²) < 4.78 is 2.09. The van der Waals surface area contributed by atoms with Crippen LogP contribution in [0.5, 0.6) is 0 Å². The van der Waals surface area contributed by atoms with Gasteiger partial charge >= 0.3 is 0 Å². The van der Waals surface area contributed by atoms with Gasteiger partial charge in [-0.05, 0) is 25.3 Å². The third kappa shape index (κ3) is 2.35. The van der Waals surface area contributed by atoms with Crippen molar-refractivity contribution in [1.29, 1.82) is 5.26 Å². The molecular formula is C17H15N9. The SMILES string of the molecule is N#Cc1cnc(N[C@H]2CC[C@@H](c3nnc4cnc5[nH]ccc5n34)C2)cn1. The molecule has 2 N–H and O–H groups in total. The summed E-state index contributed by atoms with van der Waals surface area (Å²) in [5, 5.41) is 20.9. The molecule has 0 aliphatic heterocycles. The minimum absolute atomic E-state index is 0.290. The van der Waals surface area contributed by atoms with Crippen LogP contribution in [0.1, 0.15) is 36.7 Å². The molecule has 1 aliphatic rings. The molecule has 0 saturated heterocycles. The molecule has 0 radical (unpaired) electrons. The number of hydrogen-bond acceptors (Lipinski definition) is 7. The second-order valence-corrected chi connectivity index (χ2v) is 6.47. The van der Waals surface area contributed by atoms with Gasteiger partial charge in [-0.25, -0.2) is 15.0 Å². The number of H-pyrrole nitrogens is 1. The number of aromatic amines is 1. The van der Waals surface area contributed by atoms with E-state index in [0.29, 0.717) is 17.4 Å². The Hall–Kier alpha value is -3.54. The van der Waals surface area contributed by atoms with E-state index >= 15 is 0 Å². The van der Waals surface area contributed by atoms with Crippen LogP contribution in [0.3, 0.4) is 0 Å². The normalized spacial score (nSPS) is 19.8. The predicted octanol–water partition coefficient (Wildman–Crippen LogP) is 2.02. The number of rotatable bonds is 3. The van der Waals surface area contributed by atoms with Crippen LogP contribution in [0.2, 0.25) is 0 Å². The van der Waals surface area contributed by atoms with Crippen LogP contribution in [-0.2, 0) is 0 Å². The lowest BCUT2D eigenvalue weighted by atomic mass is 10.1. The van der Waals surface area contributed by atoms with Crippen LogP contribution >= 0.6 is 0 Å². The molecule has 0 spiro atoms. The molecule has 4 aromatic rings. The lowest BCUT2D eigenvalue weighted by Crippen LogP contribution is -2.16. The van der Waals surface area contributed by atoms with Gasteiger partial charge < -0.3 is 10.3 Å². The number of nitrogens with zero attached hydrogens (tertiary/aromatic N) is 7. The van der Waals surface area contributed by atoms with Gasteiger partial charge in [-0.2, -0.15) is 5.26 Å². The van der Waals surface area contributed by atoms with Crippen molar-refractivity contribution in [2.45, 2.75) is 31.2 Å². The van der Waals surface area contributed by atoms with E-state index in [4.69, 9.17) is 5.26 Å². The fourth-order valence-electron chi connectivity index (χ4n) is 3.68. The van der Waals surface area contributed by atoms with Gasteiger partial charge in [0.1, 0.15) is 17.7 Å². The Morgan fingerprint density at radius 1 is 1.15 bits per heavy atom. The van der Waals surface area contributed by atoms with Crippen LogP contribution in [0.15, 0.2) is 30.9 Å². The van der Waals surface area contributed by atoms with Crippen molar-refractivity contribution in [2.75, 3.05) is 5.32 Å². The van der Waals surface area contributed by atoms with Crippen LogP contribution in [0.4, 0.5) is 5.82 Å². The first-order valence-corrected chi connectivity index (χ1v) is 8.47. The van der Waals surface area contributed by atoms with E-state index in [1.54, 1.807) is 12.4 Å². The van der Waals surface area contributed by atoms with Crippen molar-refractivity contribution in [1.82, 2.24) is 34.5 Å². The maximum Gasteiger partial charge on any atom is 0.179 e. The van der Waals surface area contributed by atoms with E-state index in [9.17, 15) is 0 Å². The van der Waals surface area contributed by atoms with Crippen molar-refractivity contribution in [3.8, 4) is 6.07 Å². The minimum Gasteiger partial charge on any atom is -0.366 e. The zero-order valence-electron chi connectivity index (χ0n) is 13.8. The Morgan fingerprint density at radius 3 is 2.96 bits per heavy atom. The Balaban J connectivity index is 1.39. The molecule has 2 atom stereocenters. The first-order chi connectivity index (χ1) is 12.8. The van der Waals surface area contributed by atoms with Crippen molar-refractivity contribution in [2.24, 2.45) is 0 Å². The quantitative estimate of drug-likeness (QED) is 0.582. The highest BCUT2D eigenvalue weighted by Crippen LogP contribution is 2.35. The molecule has 4 aromatic heterocycles. The van der Waals surface area contributed by atoms with Crippen molar-refractivity contribution in [3.63, 3.8) is 0 Å². The maximum atomic E-state index is 8.80. The van der Waals surface area contributed by atoms with E-state index in [2.05, 4.69) is 39.9 Å². The van der Waals surface area contributed by atoms with Gasteiger partial charge in [-0.15, -0.1) is 10.2 Å². The molecule has 128 valence electrons. The summed E-state index contributed by atoms with van der Waals surface area (Å²) in [6, 6.07) is 4.26. The molecule has 9 heteroatoms. The van der Waals surface area contributed by atoms with E-state index in [0.717, 1.165) is 41.9 Å². The van der Waals surface area contributed by atoms with Gasteiger partial charge in [0.05, 0.1) is 24.1 Å². The van der Waals surface area contributed by atoms with Crippen LogP contribution in [-0.4, -0.2) is 40.6 Å². The van der Waals surface area contributed by atoms with E-state index in [-0.39, 0.29) is 6.04 Å². The minimum atomic E-state index is 0.290. The van der Waals surface area contributed by atoms with E-state index in [1.807, 2.05) is 18.3 Å². The zero-order chi connectivity index (χ0) is 17.5. The molecule has 1 aliphatic carbocycles. The molecule has 26 heavy (non-hydrogen) atoms. The Morgan fingerprint density at radius 2 is 2.12 bits per heavy atom. The van der Waals surface area contributed by atoms with Crippen molar-refractivity contribution < 1.29 is 0 Å². The molecular weight excluding hydrogens is 330 g/mol. The highest BCUT2D eigenvalue weighted by atomic mass is 15.3. The third-order valence-electron chi connectivity index (χ3n) is 4.88. The fraction of sp³-hybridized carbons (Fsp3) is 0.294. The molecule has 1 saturated carbocycles. The summed E-state index contributed by atoms with van der Waals surface area (Å²) >= 11 is 0. The lowest BCUT2D eigenvalue weighted by Gasteiger charge is -2.13. The number of hydrogen-bond donors (Lipinski definition) is 2. The molecule has 5 rings (SSSR count). The summed E-state index contributed by atoms with van der Waals surface area (Å²) in [6.45, 7) is 0. The smallest absolute Gasteiger partial charge is 0.179 e. The molecule has 0 amide bonds. The van der Waals surface area contributed by atoms with Crippen molar-refractivity contribution >= 4 is 22.6 Å². The standard InChI is InChI=1S/C17H15N9/c18-6-12-7-21-14(8-20-12)23-11-2-1-10(5-11)17-25-24-15-9-22-16-13(26(15)17)3-4-19-16/h3-4,7-11,19H,1-2,5H2,(H,21,23)/t10-,11+/m1/s1. The van der Waals surface area contributed by atoms with Crippen LogP contribution < -0.4 is 5.32 Å². The van der Waals surface area contributed by atoms with Crippen LogP contribution in [0.25, 0.3) is 16.8 Å². The number of nitriles is 1. The summed E-state index contributed by atoms with van der Waals surface area (Å²) in [4.78, 5) is 15.8. The van der Waals surface area contributed by atoms with Gasteiger partial charge in [-0.3, -0.25) is 4.40 Å². The number of aromatic nitrogens is 7. The average molecular weight is 345 g/mol. The van der Waals surface area contributed by atoms with Gasteiger partial charge in [0.2, 0.25) is 0 Å². The maximum absolute atomic E-state index is 8.80. The second kappa shape index (κ2) is 5.77. The van der Waals surface area contributed by atoms with Crippen LogP contribution in [0, 0.1) is 11.3 Å². The second-order valence-electron chi connectivity index (χ2n) is 6.47. The molecule has 4 heterocycles. The van der Waals surface area contributed by atoms with Gasteiger partial charge in [-0.1, -0.05) is 0 Å². The highest BCUT2D eigenvalue weighted by Gasteiger charge is 2.30. The van der Waals surface area contributed by atoms with E-state index < -0.39 is 0 Å². The Kier molecular flexibility index (Phi) is 3.28. The molecule has 0 unspecified atom stereocenters. The zero-order valence-corrected chi connectivity index (χ0v) is 13.8. The van der Waals surface area contributed by atoms with Crippen molar-refractivity contribution in [3.05, 3.63) is 42.4 Å². The monoisotopic (exact) mass is 345 g/mol. The molecule has 0 bridgehead atoms. The Bertz CT molecular complexity index is 1120. The largest absolute Gasteiger partial charge is 0.366 e. The summed E-state index contributed by atoms with van der Waals surface area (Å²) in [7, 11) is 0. The molecule has 9 nitrogen and oxygen atoms in total. The predicted molar refractivity (Wildman–Crippen MR) is 93.4 cm³/mol. The van der Waals surface area contributed by atoms with Gasteiger partial charge in [0.15, 0.2) is 17.0 Å². The number of fused-ring (bicyclic) bond motifs is 3. The average Bonchev–Trinajstić information content (AvgIpc) is 3.40. The number of nitrogens with one attached hydrogen (secondary N) is 2. The fourth-order valence-corrected chi connectivity index (χ4v) is 3.68. The first kappa shape index (κ1) is 14.8. The topological polar surface area (TPSA) is 120 Å². The van der Waals surface area contributed by atoms with E-state index in [1.165, 1.54) is 6.20 Å². The first-order valence-electron chi connectivity index (χ1n) is 8.47. The summed E-state index contributed by atoms with van der Waals surface area (Å²) in [6.07, 6.45) is 9.69. The number of anilines is 1. The van der Waals surface area contributed by atoms with Gasteiger partial charge in [0.25, 0.3) is 0 Å². The Labute approximate surface area is 148 Å². The third-order valence-corrected chi connectivity index (χ3v) is 4.88. The summed E-state index contributed by atoms with van der Waals surface area (Å²) in [5.41, 5.74) is 2.91. The molecule has 0 aromatic carbocycles. The summed E-state index contributed by atoms with van der Waals surface area (Å²) in [5.74, 6) is 1.98.